The van der Waals surface area contributed by atoms with Crippen LogP contribution in [0.3, 0.4) is 0 Å². The molecule has 0 saturated heterocycles. The standard InChI is InChI=1S/C14H21ClN2O2S/c1-10(9-19-3)17(7-8-18-2)12-6-4-5-11(15)13(12)14(16)20/h4-6,10H,7-9H2,1-3H3,(H2,16,20). The van der Waals surface area contributed by atoms with E-state index in [9.17, 15) is 0 Å². The van der Waals surface area contributed by atoms with Gasteiger partial charge < -0.3 is 20.1 Å². The average Bonchev–Trinajstić information content (AvgIpc) is 2.39. The summed E-state index contributed by atoms with van der Waals surface area (Å²) >= 11 is 11.4. The SMILES string of the molecule is COCCN(c1cccc(Cl)c1C(N)=S)C(C)COC. The van der Waals surface area contributed by atoms with Crippen molar-refractivity contribution in [3.8, 4) is 0 Å². The Hall–Kier alpha value is -0.880. The van der Waals surface area contributed by atoms with Crippen molar-refractivity contribution >= 4 is 34.5 Å². The Balaban J connectivity index is 3.18. The Kier molecular flexibility index (Phi) is 7.23. The van der Waals surface area contributed by atoms with Crippen molar-refractivity contribution in [2.45, 2.75) is 13.0 Å². The van der Waals surface area contributed by atoms with E-state index in [0.29, 0.717) is 30.3 Å². The van der Waals surface area contributed by atoms with E-state index in [-0.39, 0.29) is 11.0 Å². The van der Waals surface area contributed by atoms with E-state index >= 15 is 0 Å². The van der Waals surface area contributed by atoms with Crippen LogP contribution in [-0.4, -0.2) is 45.0 Å². The van der Waals surface area contributed by atoms with Gasteiger partial charge in [0, 0.05) is 32.5 Å². The summed E-state index contributed by atoms with van der Waals surface area (Å²) in [5.74, 6) is 0. The van der Waals surface area contributed by atoms with Gasteiger partial charge in [0.05, 0.1) is 23.8 Å². The van der Waals surface area contributed by atoms with Crippen LogP contribution in [0.2, 0.25) is 5.02 Å². The molecule has 0 bridgehead atoms. The predicted molar refractivity (Wildman–Crippen MR) is 87.9 cm³/mol. The first-order valence-corrected chi connectivity index (χ1v) is 7.14. The van der Waals surface area contributed by atoms with Gasteiger partial charge in [-0.3, -0.25) is 0 Å². The maximum absolute atomic E-state index is 6.23. The van der Waals surface area contributed by atoms with Gasteiger partial charge in [-0.15, -0.1) is 0 Å². The van der Waals surface area contributed by atoms with Crippen molar-refractivity contribution in [2.75, 3.05) is 38.9 Å². The van der Waals surface area contributed by atoms with Crippen molar-refractivity contribution in [2.24, 2.45) is 5.73 Å². The molecular formula is C14H21ClN2O2S. The fraction of sp³-hybridized carbons (Fsp3) is 0.500. The third-order valence-electron chi connectivity index (χ3n) is 3.02. The number of rotatable bonds is 8. The quantitative estimate of drug-likeness (QED) is 0.747. The topological polar surface area (TPSA) is 47.7 Å². The lowest BCUT2D eigenvalue weighted by molar-refractivity contribution is 0.171. The lowest BCUT2D eigenvalue weighted by atomic mass is 10.1. The summed E-state index contributed by atoms with van der Waals surface area (Å²) in [7, 11) is 3.35. The van der Waals surface area contributed by atoms with Crippen molar-refractivity contribution in [3.63, 3.8) is 0 Å². The molecule has 1 aromatic carbocycles. The number of nitrogens with zero attached hydrogens (tertiary/aromatic N) is 1. The molecule has 0 heterocycles. The van der Waals surface area contributed by atoms with E-state index in [0.717, 1.165) is 5.69 Å². The molecule has 0 spiro atoms. The number of benzene rings is 1. The molecule has 0 aliphatic rings. The number of anilines is 1. The molecule has 0 saturated carbocycles. The Morgan fingerprint density at radius 1 is 1.40 bits per heavy atom. The highest BCUT2D eigenvalue weighted by Crippen LogP contribution is 2.28. The summed E-state index contributed by atoms with van der Waals surface area (Å²) < 4.78 is 10.4. The smallest absolute Gasteiger partial charge is 0.107 e. The zero-order valence-corrected chi connectivity index (χ0v) is 13.6. The van der Waals surface area contributed by atoms with E-state index in [1.807, 2.05) is 12.1 Å². The van der Waals surface area contributed by atoms with E-state index in [2.05, 4.69) is 11.8 Å². The van der Waals surface area contributed by atoms with Crippen molar-refractivity contribution < 1.29 is 9.47 Å². The molecule has 6 heteroatoms. The van der Waals surface area contributed by atoms with E-state index < -0.39 is 0 Å². The molecule has 0 amide bonds. The first-order chi connectivity index (χ1) is 9.52. The molecule has 112 valence electrons. The van der Waals surface area contributed by atoms with Crippen LogP contribution in [0, 0.1) is 0 Å². The first kappa shape index (κ1) is 17.2. The van der Waals surface area contributed by atoms with E-state index in [1.165, 1.54) is 0 Å². The van der Waals surface area contributed by atoms with Crippen LogP contribution in [0.25, 0.3) is 0 Å². The van der Waals surface area contributed by atoms with Crippen LogP contribution >= 0.6 is 23.8 Å². The second-order valence-corrected chi connectivity index (χ2v) is 5.34. The number of methoxy groups -OCH3 is 2. The second-order valence-electron chi connectivity index (χ2n) is 4.49. The van der Waals surface area contributed by atoms with Crippen LogP contribution in [0.5, 0.6) is 0 Å². The van der Waals surface area contributed by atoms with Gasteiger partial charge in [0.1, 0.15) is 4.99 Å². The zero-order valence-electron chi connectivity index (χ0n) is 12.1. The molecule has 0 aromatic heterocycles. The van der Waals surface area contributed by atoms with Gasteiger partial charge in [-0.1, -0.05) is 29.9 Å². The summed E-state index contributed by atoms with van der Waals surface area (Å²) in [6.45, 7) is 3.96. The number of ether oxygens (including phenoxy) is 2. The molecule has 2 N–H and O–H groups in total. The Morgan fingerprint density at radius 3 is 2.65 bits per heavy atom. The highest BCUT2D eigenvalue weighted by atomic mass is 35.5. The molecule has 20 heavy (non-hydrogen) atoms. The minimum atomic E-state index is 0.154. The molecule has 1 aromatic rings. The molecule has 4 nitrogen and oxygen atoms in total. The highest BCUT2D eigenvalue weighted by Gasteiger charge is 2.20. The Morgan fingerprint density at radius 2 is 2.10 bits per heavy atom. The van der Waals surface area contributed by atoms with Gasteiger partial charge in [-0.2, -0.15) is 0 Å². The first-order valence-electron chi connectivity index (χ1n) is 6.35. The van der Waals surface area contributed by atoms with E-state index in [1.54, 1.807) is 20.3 Å². The third kappa shape index (κ3) is 4.31. The molecular weight excluding hydrogens is 296 g/mol. The average molecular weight is 317 g/mol. The lowest BCUT2D eigenvalue weighted by Gasteiger charge is -2.32. The summed E-state index contributed by atoms with van der Waals surface area (Å²) in [5.41, 5.74) is 7.42. The van der Waals surface area contributed by atoms with Crippen molar-refractivity contribution in [1.82, 2.24) is 0 Å². The number of hydrogen-bond donors (Lipinski definition) is 1. The van der Waals surface area contributed by atoms with Crippen LogP contribution in [-0.2, 0) is 9.47 Å². The lowest BCUT2D eigenvalue weighted by Crippen LogP contribution is -2.39. The molecule has 0 aliphatic carbocycles. The van der Waals surface area contributed by atoms with E-state index in [4.69, 9.17) is 39.0 Å². The Bertz CT molecular complexity index is 457. The van der Waals surface area contributed by atoms with Gasteiger partial charge in [0.25, 0.3) is 0 Å². The summed E-state index contributed by atoms with van der Waals surface area (Å²) in [5, 5.41) is 0.557. The highest BCUT2D eigenvalue weighted by molar-refractivity contribution is 7.80. The molecule has 0 aliphatic heterocycles. The molecule has 0 fully saturated rings. The van der Waals surface area contributed by atoms with Crippen molar-refractivity contribution in [1.29, 1.82) is 0 Å². The largest absolute Gasteiger partial charge is 0.389 e. The normalized spacial score (nSPS) is 12.2. The Labute approximate surface area is 130 Å². The predicted octanol–water partition coefficient (Wildman–Crippen LogP) is 2.46. The van der Waals surface area contributed by atoms with Crippen LogP contribution in [0.15, 0.2) is 18.2 Å². The number of thiocarbonyl (C=S) groups is 1. The fourth-order valence-electron chi connectivity index (χ4n) is 2.10. The van der Waals surface area contributed by atoms with Crippen LogP contribution in [0.4, 0.5) is 5.69 Å². The molecule has 1 unspecified atom stereocenters. The molecule has 1 rings (SSSR count). The van der Waals surface area contributed by atoms with Gasteiger partial charge in [-0.05, 0) is 19.1 Å². The minimum absolute atomic E-state index is 0.154. The number of halogens is 1. The van der Waals surface area contributed by atoms with Gasteiger partial charge in [0.2, 0.25) is 0 Å². The van der Waals surface area contributed by atoms with Gasteiger partial charge in [0.15, 0.2) is 0 Å². The summed E-state index contributed by atoms with van der Waals surface area (Å²) in [6, 6.07) is 5.79. The van der Waals surface area contributed by atoms with Crippen LogP contribution < -0.4 is 10.6 Å². The van der Waals surface area contributed by atoms with Gasteiger partial charge >= 0.3 is 0 Å². The second kappa shape index (κ2) is 8.42. The zero-order chi connectivity index (χ0) is 15.1. The minimum Gasteiger partial charge on any atom is -0.389 e. The number of hydrogen-bond acceptors (Lipinski definition) is 4. The molecule has 1 atom stereocenters. The monoisotopic (exact) mass is 316 g/mol. The maximum Gasteiger partial charge on any atom is 0.107 e. The third-order valence-corrected chi connectivity index (χ3v) is 3.54. The van der Waals surface area contributed by atoms with Crippen molar-refractivity contribution in [3.05, 3.63) is 28.8 Å². The fourth-order valence-corrected chi connectivity index (χ4v) is 2.64. The summed E-state index contributed by atoms with van der Waals surface area (Å²) in [6.07, 6.45) is 0. The van der Waals surface area contributed by atoms with Crippen LogP contribution in [0.1, 0.15) is 12.5 Å². The maximum atomic E-state index is 6.23. The molecule has 0 radical (unpaired) electrons. The van der Waals surface area contributed by atoms with Gasteiger partial charge in [-0.25, -0.2) is 0 Å². The summed E-state index contributed by atoms with van der Waals surface area (Å²) in [4.78, 5) is 2.44. The number of nitrogens with two attached hydrogens (primary N) is 1.